The maximum Gasteiger partial charge on any atom is 0.261 e. The van der Waals surface area contributed by atoms with Crippen LogP contribution in [-0.2, 0) is 25.6 Å². The summed E-state index contributed by atoms with van der Waals surface area (Å²) in [5.74, 6) is -0.446. The Morgan fingerprint density at radius 1 is 0.759 bits per heavy atom. The Balaban J connectivity index is 1.96. The lowest BCUT2D eigenvalue weighted by Crippen LogP contribution is -2.15. The topological polar surface area (TPSA) is 106 Å². The predicted molar refractivity (Wildman–Crippen MR) is 115 cm³/mol. The summed E-state index contributed by atoms with van der Waals surface area (Å²) in [7, 11) is -7.71. The molecule has 0 unspecified atom stereocenters. The smallest absolute Gasteiger partial charge is 0.261 e. The van der Waals surface area contributed by atoms with Crippen molar-refractivity contribution in [3.8, 4) is 0 Å². The minimum absolute atomic E-state index is 0.00904. The van der Waals surface area contributed by atoms with Crippen LogP contribution in [-0.4, -0.2) is 16.8 Å². The van der Waals surface area contributed by atoms with E-state index in [2.05, 4.69) is 4.72 Å². The number of rotatable bonds is 6. The molecule has 0 amide bonds. The largest absolute Gasteiger partial charge is 0.399 e. The molecule has 0 radical (unpaired) electrons. The molecule has 0 atom stereocenters. The van der Waals surface area contributed by atoms with E-state index in [0.717, 1.165) is 0 Å². The van der Waals surface area contributed by atoms with Crippen LogP contribution in [0.1, 0.15) is 5.56 Å². The molecule has 0 fully saturated rings. The van der Waals surface area contributed by atoms with Gasteiger partial charge in [0.1, 0.15) is 0 Å². The number of sulfonamides is 1. The first-order valence-corrected chi connectivity index (χ1v) is 12.1. The van der Waals surface area contributed by atoms with Crippen molar-refractivity contribution >= 4 is 54.4 Å². The monoisotopic (exact) mass is 470 g/mol. The van der Waals surface area contributed by atoms with Gasteiger partial charge < -0.3 is 5.73 Å². The summed E-state index contributed by atoms with van der Waals surface area (Å²) in [6.07, 6.45) is 0. The van der Waals surface area contributed by atoms with Crippen molar-refractivity contribution in [2.75, 3.05) is 10.5 Å². The molecule has 0 aliphatic heterocycles. The summed E-state index contributed by atoms with van der Waals surface area (Å²) in [6, 6.07) is 15.7. The molecule has 3 N–H and O–H groups in total. The number of sulfone groups is 1. The Kier molecular flexibility index (Phi) is 6.09. The Labute approximate surface area is 179 Å². The van der Waals surface area contributed by atoms with Gasteiger partial charge in [0.15, 0.2) is 9.84 Å². The number of halogens is 2. The minimum Gasteiger partial charge on any atom is -0.399 e. The molecule has 3 aromatic rings. The maximum absolute atomic E-state index is 12.8. The number of hydrogen-bond acceptors (Lipinski definition) is 5. The summed E-state index contributed by atoms with van der Waals surface area (Å²) in [6.45, 7) is 0. The van der Waals surface area contributed by atoms with Gasteiger partial charge in [-0.2, -0.15) is 0 Å². The highest BCUT2D eigenvalue weighted by Gasteiger charge is 2.21. The Morgan fingerprint density at radius 3 is 1.83 bits per heavy atom. The Bertz CT molecular complexity index is 1240. The van der Waals surface area contributed by atoms with E-state index in [9.17, 15) is 16.8 Å². The van der Waals surface area contributed by atoms with Crippen LogP contribution >= 0.6 is 23.2 Å². The number of nitrogens with two attached hydrogens (primary N) is 1. The summed E-state index contributed by atoms with van der Waals surface area (Å²) in [4.78, 5) is 0.0565. The maximum atomic E-state index is 12.8. The molecule has 0 aliphatic carbocycles. The molecule has 29 heavy (non-hydrogen) atoms. The average Bonchev–Trinajstić information content (AvgIpc) is 2.64. The van der Waals surface area contributed by atoms with Gasteiger partial charge in [-0.05, 0) is 72.3 Å². The molecule has 0 bridgehead atoms. The van der Waals surface area contributed by atoms with Gasteiger partial charge in [-0.15, -0.1) is 0 Å². The van der Waals surface area contributed by atoms with Crippen LogP contribution < -0.4 is 10.5 Å². The highest BCUT2D eigenvalue weighted by molar-refractivity contribution is 7.92. The highest BCUT2D eigenvalue weighted by Crippen LogP contribution is 2.27. The van der Waals surface area contributed by atoms with Crippen LogP contribution in [0.2, 0.25) is 10.0 Å². The van der Waals surface area contributed by atoms with Gasteiger partial charge >= 0.3 is 0 Å². The van der Waals surface area contributed by atoms with E-state index in [0.29, 0.717) is 15.7 Å². The molecule has 0 spiro atoms. The number of nitrogens with one attached hydrogen (secondary N) is 1. The molecule has 0 aromatic heterocycles. The van der Waals surface area contributed by atoms with Crippen LogP contribution in [0.5, 0.6) is 0 Å². The van der Waals surface area contributed by atoms with E-state index in [1.807, 2.05) is 0 Å². The SMILES string of the molecule is Nc1ccc(NS(=O)(=O)c2ccc(Cl)cc2)c(CS(=O)(=O)c2ccc(Cl)cc2)c1. The van der Waals surface area contributed by atoms with Crippen LogP contribution in [0.15, 0.2) is 76.5 Å². The lowest BCUT2D eigenvalue weighted by atomic mass is 10.2. The van der Waals surface area contributed by atoms with Gasteiger partial charge in [0, 0.05) is 15.7 Å². The molecular formula is C19H16Cl2N2O4S2. The third kappa shape index (κ3) is 5.22. The Hall–Kier alpha value is -2.26. The quantitative estimate of drug-likeness (QED) is 0.520. The van der Waals surface area contributed by atoms with Gasteiger partial charge in [-0.25, -0.2) is 16.8 Å². The second-order valence-corrected chi connectivity index (χ2v) is 10.7. The van der Waals surface area contributed by atoms with Gasteiger partial charge in [-0.1, -0.05) is 23.2 Å². The van der Waals surface area contributed by atoms with Crippen molar-refractivity contribution < 1.29 is 16.8 Å². The number of nitrogen functional groups attached to an aromatic ring is 1. The third-order valence-corrected chi connectivity index (χ3v) is 7.58. The fourth-order valence-electron chi connectivity index (χ4n) is 2.58. The molecule has 3 aromatic carbocycles. The van der Waals surface area contributed by atoms with Crippen molar-refractivity contribution in [3.05, 3.63) is 82.3 Å². The lowest BCUT2D eigenvalue weighted by Gasteiger charge is -2.14. The molecule has 0 saturated carbocycles. The summed E-state index contributed by atoms with van der Waals surface area (Å²) in [5.41, 5.74) is 6.44. The Morgan fingerprint density at radius 2 is 1.28 bits per heavy atom. The standard InChI is InChI=1S/C19H16Cl2N2O4S2/c20-14-1-6-17(7-2-14)28(24,25)12-13-11-16(22)5-10-19(13)23-29(26,27)18-8-3-15(21)4-9-18/h1-11,23H,12,22H2. The first-order chi connectivity index (χ1) is 13.6. The van der Waals surface area contributed by atoms with E-state index in [1.54, 1.807) is 0 Å². The fraction of sp³-hybridized carbons (Fsp3) is 0.0526. The zero-order chi connectivity index (χ0) is 21.2. The zero-order valence-electron chi connectivity index (χ0n) is 14.8. The second-order valence-electron chi connectivity index (χ2n) is 6.19. The molecule has 0 aliphatic rings. The second kappa shape index (κ2) is 8.23. The lowest BCUT2D eigenvalue weighted by molar-refractivity contribution is 0.594. The molecule has 0 heterocycles. The number of hydrogen-bond donors (Lipinski definition) is 2. The number of benzene rings is 3. The van der Waals surface area contributed by atoms with E-state index in [-0.39, 0.29) is 21.0 Å². The predicted octanol–water partition coefficient (Wildman–Crippen LogP) is 4.35. The van der Waals surface area contributed by atoms with Crippen molar-refractivity contribution in [3.63, 3.8) is 0 Å². The molecule has 0 saturated heterocycles. The normalized spacial score (nSPS) is 11.9. The molecule has 6 nitrogen and oxygen atoms in total. The van der Waals surface area contributed by atoms with Gasteiger partial charge in [0.05, 0.1) is 21.2 Å². The summed E-state index contributed by atoms with van der Waals surface area (Å²) >= 11 is 11.6. The van der Waals surface area contributed by atoms with E-state index in [4.69, 9.17) is 28.9 Å². The first kappa shape index (κ1) is 21.4. The van der Waals surface area contributed by atoms with Crippen molar-refractivity contribution in [1.29, 1.82) is 0 Å². The van der Waals surface area contributed by atoms with Crippen LogP contribution in [0.4, 0.5) is 11.4 Å². The molecule has 152 valence electrons. The van der Waals surface area contributed by atoms with E-state index in [1.165, 1.54) is 66.7 Å². The number of anilines is 2. The van der Waals surface area contributed by atoms with Crippen molar-refractivity contribution in [2.45, 2.75) is 15.5 Å². The van der Waals surface area contributed by atoms with Crippen LogP contribution in [0.25, 0.3) is 0 Å². The zero-order valence-corrected chi connectivity index (χ0v) is 18.0. The van der Waals surface area contributed by atoms with Gasteiger partial charge in [0.25, 0.3) is 10.0 Å². The third-order valence-electron chi connectivity index (χ3n) is 4.02. The van der Waals surface area contributed by atoms with E-state index < -0.39 is 25.6 Å². The first-order valence-electron chi connectivity index (χ1n) is 8.22. The van der Waals surface area contributed by atoms with Crippen LogP contribution in [0.3, 0.4) is 0 Å². The highest BCUT2D eigenvalue weighted by atomic mass is 35.5. The van der Waals surface area contributed by atoms with Gasteiger partial charge in [0.2, 0.25) is 0 Å². The molecule has 10 heteroatoms. The van der Waals surface area contributed by atoms with Crippen molar-refractivity contribution in [2.24, 2.45) is 0 Å². The minimum atomic E-state index is -3.95. The molecular weight excluding hydrogens is 455 g/mol. The van der Waals surface area contributed by atoms with Gasteiger partial charge in [-0.3, -0.25) is 4.72 Å². The average molecular weight is 471 g/mol. The van der Waals surface area contributed by atoms with E-state index >= 15 is 0 Å². The fourth-order valence-corrected chi connectivity index (χ4v) is 5.30. The summed E-state index contributed by atoms with van der Waals surface area (Å²) < 4.78 is 53.3. The van der Waals surface area contributed by atoms with Crippen molar-refractivity contribution in [1.82, 2.24) is 0 Å². The summed E-state index contributed by atoms with van der Waals surface area (Å²) in [5, 5.41) is 0.801. The molecule has 3 rings (SSSR count). The van der Waals surface area contributed by atoms with Crippen LogP contribution in [0, 0.1) is 0 Å².